The minimum absolute atomic E-state index is 0.0537. The molecule has 0 spiro atoms. The third kappa shape index (κ3) is 4.35. The molecule has 0 radical (unpaired) electrons. The second-order valence-electron chi connectivity index (χ2n) is 6.86. The van der Waals surface area contributed by atoms with Crippen molar-refractivity contribution in [1.82, 2.24) is 4.57 Å². The number of aromatic nitrogens is 1. The lowest BCUT2D eigenvalue weighted by atomic mass is 10.2. The van der Waals surface area contributed by atoms with E-state index in [0.717, 1.165) is 37.7 Å². The Morgan fingerprint density at radius 2 is 1.97 bits per heavy atom. The van der Waals surface area contributed by atoms with E-state index in [-0.39, 0.29) is 4.87 Å². The Morgan fingerprint density at radius 1 is 1.24 bits per heavy atom. The molecule has 1 amide bonds. The van der Waals surface area contributed by atoms with Gasteiger partial charge in [0.05, 0.1) is 22.2 Å². The number of anilines is 2. The van der Waals surface area contributed by atoms with Crippen LogP contribution in [0.2, 0.25) is 0 Å². The summed E-state index contributed by atoms with van der Waals surface area (Å²) in [5.74, 6) is -0.460. The first-order chi connectivity index (χ1) is 13.6. The number of thiazole rings is 1. The van der Waals surface area contributed by atoms with Crippen LogP contribution in [0.15, 0.2) is 47.3 Å². The number of hydrogen-bond acceptors (Lipinski definition) is 5. The molecule has 1 aromatic heterocycles. The number of fused-ring (bicyclic) bond motifs is 1. The van der Waals surface area contributed by atoms with Crippen LogP contribution >= 0.6 is 11.3 Å². The molecule has 0 fully saturated rings. The normalized spacial score (nSPS) is 12.7. The molecular formula is C20H23N3O4S2. The van der Waals surface area contributed by atoms with Crippen LogP contribution in [-0.2, 0) is 21.4 Å². The van der Waals surface area contributed by atoms with Gasteiger partial charge in [0.1, 0.15) is 6.04 Å². The Labute approximate surface area is 173 Å². The van der Waals surface area contributed by atoms with E-state index in [1.54, 1.807) is 47.9 Å². The van der Waals surface area contributed by atoms with E-state index in [2.05, 4.69) is 5.32 Å². The molecule has 0 unspecified atom stereocenters. The second-order valence-corrected chi connectivity index (χ2v) is 9.71. The molecule has 0 aliphatic heterocycles. The third-order valence-corrected chi connectivity index (χ3v) is 6.78. The van der Waals surface area contributed by atoms with Crippen molar-refractivity contribution in [1.29, 1.82) is 0 Å². The molecule has 0 saturated heterocycles. The molecule has 0 saturated carbocycles. The van der Waals surface area contributed by atoms with Crippen LogP contribution in [0.5, 0.6) is 0 Å². The van der Waals surface area contributed by atoms with Gasteiger partial charge in [-0.15, -0.1) is 0 Å². The van der Waals surface area contributed by atoms with Gasteiger partial charge in [0, 0.05) is 12.2 Å². The molecule has 9 heteroatoms. The van der Waals surface area contributed by atoms with Gasteiger partial charge in [-0.25, -0.2) is 8.42 Å². The monoisotopic (exact) mass is 433 g/mol. The van der Waals surface area contributed by atoms with E-state index < -0.39 is 22.0 Å². The van der Waals surface area contributed by atoms with Crippen molar-refractivity contribution in [2.45, 2.75) is 33.4 Å². The van der Waals surface area contributed by atoms with Gasteiger partial charge < -0.3 is 5.32 Å². The highest BCUT2D eigenvalue weighted by atomic mass is 32.2. The van der Waals surface area contributed by atoms with Gasteiger partial charge in [-0.05, 0) is 56.7 Å². The summed E-state index contributed by atoms with van der Waals surface area (Å²) in [6.45, 7) is 5.87. The van der Waals surface area contributed by atoms with E-state index >= 15 is 0 Å². The molecule has 1 atom stereocenters. The first-order valence-corrected chi connectivity index (χ1v) is 11.8. The molecule has 2 aromatic carbocycles. The second kappa shape index (κ2) is 8.00. The molecule has 29 heavy (non-hydrogen) atoms. The number of nitrogens with one attached hydrogen (secondary N) is 1. The van der Waals surface area contributed by atoms with Crippen LogP contribution in [0.1, 0.15) is 19.4 Å². The molecule has 0 bridgehead atoms. The van der Waals surface area contributed by atoms with Gasteiger partial charge in [-0.2, -0.15) is 0 Å². The molecule has 0 aliphatic rings. The maximum absolute atomic E-state index is 12.8. The van der Waals surface area contributed by atoms with E-state index in [4.69, 9.17) is 0 Å². The standard InChI is InChI=1S/C20H23N3O4S2/c1-5-22-17-10-9-15(12-18(17)28-20(22)25)21-19(24)14(3)23(29(4,26)27)16-8-6-7-13(2)11-16/h6-12,14H,5H2,1-4H3,(H,21,24)/t14-/m0/s1. The van der Waals surface area contributed by atoms with Gasteiger partial charge in [0.2, 0.25) is 15.9 Å². The summed E-state index contributed by atoms with van der Waals surface area (Å²) >= 11 is 1.11. The van der Waals surface area contributed by atoms with Crippen molar-refractivity contribution in [3.63, 3.8) is 0 Å². The Kier molecular flexibility index (Phi) is 5.81. The minimum Gasteiger partial charge on any atom is -0.324 e. The molecular weight excluding hydrogens is 410 g/mol. The number of hydrogen-bond donors (Lipinski definition) is 1. The Balaban J connectivity index is 1.90. The maximum Gasteiger partial charge on any atom is 0.308 e. The minimum atomic E-state index is -3.68. The fraction of sp³-hybridized carbons (Fsp3) is 0.300. The predicted octanol–water partition coefficient (Wildman–Crippen LogP) is 3.18. The summed E-state index contributed by atoms with van der Waals surface area (Å²) in [5, 5.41) is 2.77. The number of carbonyl (C=O) groups excluding carboxylic acids is 1. The zero-order valence-electron chi connectivity index (χ0n) is 16.7. The van der Waals surface area contributed by atoms with Crippen molar-refractivity contribution < 1.29 is 13.2 Å². The maximum atomic E-state index is 12.8. The van der Waals surface area contributed by atoms with E-state index in [1.807, 2.05) is 19.9 Å². The average molecular weight is 434 g/mol. The van der Waals surface area contributed by atoms with Crippen molar-refractivity contribution in [3.05, 3.63) is 57.7 Å². The first kappa shape index (κ1) is 21.1. The van der Waals surface area contributed by atoms with Crippen molar-refractivity contribution in [2.75, 3.05) is 15.9 Å². The Morgan fingerprint density at radius 3 is 2.59 bits per heavy atom. The van der Waals surface area contributed by atoms with Gasteiger partial charge in [-0.1, -0.05) is 23.5 Å². The Bertz CT molecular complexity index is 1230. The van der Waals surface area contributed by atoms with Crippen LogP contribution in [0.3, 0.4) is 0 Å². The summed E-state index contributed by atoms with van der Waals surface area (Å²) in [4.78, 5) is 24.8. The zero-order chi connectivity index (χ0) is 21.3. The van der Waals surface area contributed by atoms with Gasteiger partial charge >= 0.3 is 4.87 Å². The largest absolute Gasteiger partial charge is 0.324 e. The molecule has 3 rings (SSSR count). The topological polar surface area (TPSA) is 88.5 Å². The molecule has 7 nitrogen and oxygen atoms in total. The van der Waals surface area contributed by atoms with Crippen LogP contribution in [0.4, 0.5) is 11.4 Å². The van der Waals surface area contributed by atoms with Crippen molar-refractivity contribution >= 4 is 48.9 Å². The lowest BCUT2D eigenvalue weighted by molar-refractivity contribution is -0.116. The van der Waals surface area contributed by atoms with Gasteiger partial charge in [-0.3, -0.25) is 18.5 Å². The summed E-state index contributed by atoms with van der Waals surface area (Å²) in [5.41, 5.74) is 2.65. The smallest absolute Gasteiger partial charge is 0.308 e. The van der Waals surface area contributed by atoms with Crippen LogP contribution < -0.4 is 14.5 Å². The number of aryl methyl sites for hydroxylation is 2. The first-order valence-electron chi connectivity index (χ1n) is 9.12. The van der Waals surface area contributed by atoms with Gasteiger partial charge in [0.15, 0.2) is 0 Å². The molecule has 0 aliphatic carbocycles. The van der Waals surface area contributed by atoms with E-state index in [0.29, 0.717) is 17.9 Å². The van der Waals surface area contributed by atoms with Crippen LogP contribution in [0, 0.1) is 6.92 Å². The average Bonchev–Trinajstić information content (AvgIpc) is 2.94. The number of amides is 1. The molecule has 3 aromatic rings. The number of benzene rings is 2. The van der Waals surface area contributed by atoms with Gasteiger partial charge in [0.25, 0.3) is 0 Å². The van der Waals surface area contributed by atoms with E-state index in [1.165, 1.54) is 0 Å². The summed E-state index contributed by atoms with van der Waals surface area (Å²) in [7, 11) is -3.68. The highest BCUT2D eigenvalue weighted by Gasteiger charge is 2.29. The lowest BCUT2D eigenvalue weighted by Crippen LogP contribution is -2.45. The number of carbonyl (C=O) groups is 1. The predicted molar refractivity (Wildman–Crippen MR) is 118 cm³/mol. The summed E-state index contributed by atoms with van der Waals surface area (Å²) < 4.78 is 28.3. The molecule has 1 heterocycles. The summed E-state index contributed by atoms with van der Waals surface area (Å²) in [6, 6.07) is 11.3. The quantitative estimate of drug-likeness (QED) is 0.647. The third-order valence-electron chi connectivity index (χ3n) is 4.60. The van der Waals surface area contributed by atoms with E-state index in [9.17, 15) is 18.0 Å². The van der Waals surface area contributed by atoms with Crippen molar-refractivity contribution in [3.8, 4) is 0 Å². The van der Waals surface area contributed by atoms with Crippen LogP contribution in [-0.4, -0.2) is 31.2 Å². The number of sulfonamides is 1. The van der Waals surface area contributed by atoms with Crippen molar-refractivity contribution in [2.24, 2.45) is 0 Å². The number of nitrogens with zero attached hydrogens (tertiary/aromatic N) is 2. The SMILES string of the molecule is CCn1c(=O)sc2cc(NC(=O)[C@H](C)N(c3cccc(C)c3)S(C)(=O)=O)ccc21. The fourth-order valence-corrected chi connectivity index (χ4v) is 5.43. The van der Waals surface area contributed by atoms with Crippen LogP contribution in [0.25, 0.3) is 10.2 Å². The highest BCUT2D eigenvalue weighted by molar-refractivity contribution is 7.92. The summed E-state index contributed by atoms with van der Waals surface area (Å²) in [6.07, 6.45) is 1.08. The Hall–Kier alpha value is -2.65. The lowest BCUT2D eigenvalue weighted by Gasteiger charge is -2.28. The zero-order valence-corrected chi connectivity index (χ0v) is 18.3. The highest BCUT2D eigenvalue weighted by Crippen LogP contribution is 2.25. The molecule has 1 N–H and O–H groups in total. The molecule has 154 valence electrons. The fourth-order valence-electron chi connectivity index (χ4n) is 3.26. The number of rotatable bonds is 6.